The van der Waals surface area contributed by atoms with Gasteiger partial charge in [0, 0.05) is 18.0 Å². The molecule has 0 fully saturated rings. The van der Waals surface area contributed by atoms with Crippen LogP contribution in [0.5, 0.6) is 0 Å². The molecule has 0 saturated heterocycles. The van der Waals surface area contributed by atoms with E-state index in [2.05, 4.69) is 47.4 Å². The number of nitrogens with one attached hydrogen (secondary N) is 1. The van der Waals surface area contributed by atoms with Crippen LogP contribution < -0.4 is 5.32 Å². The Morgan fingerprint density at radius 3 is 2.73 bits per heavy atom. The fourth-order valence-corrected chi connectivity index (χ4v) is 3.26. The first-order chi connectivity index (χ1) is 12.5. The van der Waals surface area contributed by atoms with Crippen molar-refractivity contribution in [3.05, 3.63) is 63.2 Å². The van der Waals surface area contributed by atoms with Gasteiger partial charge in [0.05, 0.1) is 21.7 Å². The van der Waals surface area contributed by atoms with E-state index in [-0.39, 0.29) is 18.3 Å². The third kappa shape index (κ3) is 4.21. The standard InChI is InChI=1S/C17H16Br2FN5O/c1-2-15(25-9-12(18)7-21-25)17(26)22-16-13(19)10-24(23-16)8-11-5-3-4-6-14(11)20/h3-7,9-10,15H,2,8H2,1H3,(H,22,23,26). The van der Waals surface area contributed by atoms with Gasteiger partial charge in [-0.1, -0.05) is 25.1 Å². The van der Waals surface area contributed by atoms with Crippen LogP contribution in [0.15, 0.2) is 51.8 Å². The summed E-state index contributed by atoms with van der Waals surface area (Å²) in [7, 11) is 0. The predicted octanol–water partition coefficient (Wildman–Crippen LogP) is 4.38. The molecule has 0 bridgehead atoms. The quantitative estimate of drug-likeness (QED) is 0.564. The first kappa shape index (κ1) is 18.8. The first-order valence-corrected chi connectivity index (χ1v) is 9.53. The van der Waals surface area contributed by atoms with E-state index in [1.165, 1.54) is 6.07 Å². The molecule has 1 atom stereocenters. The predicted molar refractivity (Wildman–Crippen MR) is 103 cm³/mol. The maximum absolute atomic E-state index is 13.8. The fourth-order valence-electron chi connectivity index (χ4n) is 2.54. The molecule has 6 nitrogen and oxygen atoms in total. The monoisotopic (exact) mass is 483 g/mol. The van der Waals surface area contributed by atoms with Crippen molar-refractivity contribution in [2.75, 3.05) is 5.32 Å². The molecule has 3 rings (SSSR count). The van der Waals surface area contributed by atoms with E-state index >= 15 is 0 Å². The van der Waals surface area contributed by atoms with Gasteiger partial charge >= 0.3 is 0 Å². The summed E-state index contributed by atoms with van der Waals surface area (Å²) >= 11 is 6.72. The van der Waals surface area contributed by atoms with Gasteiger partial charge < -0.3 is 5.32 Å². The number of rotatable bonds is 6. The highest BCUT2D eigenvalue weighted by Crippen LogP contribution is 2.23. The van der Waals surface area contributed by atoms with Crippen molar-refractivity contribution in [2.24, 2.45) is 0 Å². The van der Waals surface area contributed by atoms with E-state index in [0.29, 0.717) is 22.3 Å². The average Bonchev–Trinajstić information content (AvgIpc) is 3.17. The highest BCUT2D eigenvalue weighted by molar-refractivity contribution is 9.10. The molecule has 2 aromatic heterocycles. The maximum atomic E-state index is 13.8. The topological polar surface area (TPSA) is 64.7 Å². The van der Waals surface area contributed by atoms with Crippen molar-refractivity contribution in [2.45, 2.75) is 25.9 Å². The molecular formula is C17H16Br2FN5O. The molecule has 1 amide bonds. The first-order valence-electron chi connectivity index (χ1n) is 7.94. The number of halogens is 3. The van der Waals surface area contributed by atoms with Crippen LogP contribution in [0.2, 0.25) is 0 Å². The van der Waals surface area contributed by atoms with E-state index in [1.807, 2.05) is 6.92 Å². The molecule has 136 valence electrons. The second kappa shape index (κ2) is 8.13. The molecule has 1 unspecified atom stereocenters. The molecule has 0 saturated carbocycles. The minimum absolute atomic E-state index is 0.222. The number of amides is 1. The molecule has 9 heteroatoms. The summed E-state index contributed by atoms with van der Waals surface area (Å²) < 4.78 is 18.4. The van der Waals surface area contributed by atoms with Gasteiger partial charge in [-0.05, 0) is 44.3 Å². The third-order valence-electron chi connectivity index (χ3n) is 3.83. The zero-order valence-corrected chi connectivity index (χ0v) is 17.0. The fraction of sp³-hybridized carbons (Fsp3) is 0.235. The normalized spacial score (nSPS) is 12.2. The zero-order chi connectivity index (χ0) is 18.7. The van der Waals surface area contributed by atoms with Crippen molar-refractivity contribution in [1.82, 2.24) is 19.6 Å². The van der Waals surface area contributed by atoms with Crippen molar-refractivity contribution in [3.63, 3.8) is 0 Å². The van der Waals surface area contributed by atoms with Gasteiger partial charge in [0.2, 0.25) is 5.91 Å². The van der Waals surface area contributed by atoms with Crippen LogP contribution in [0.25, 0.3) is 0 Å². The highest BCUT2D eigenvalue weighted by Gasteiger charge is 2.21. The summed E-state index contributed by atoms with van der Waals surface area (Å²) in [4.78, 5) is 12.6. The number of nitrogens with zero attached hydrogens (tertiary/aromatic N) is 4. The Morgan fingerprint density at radius 2 is 2.08 bits per heavy atom. The Kier molecular flexibility index (Phi) is 5.87. The van der Waals surface area contributed by atoms with Crippen molar-refractivity contribution in [1.29, 1.82) is 0 Å². The smallest absolute Gasteiger partial charge is 0.250 e. The van der Waals surface area contributed by atoms with Crippen molar-refractivity contribution in [3.8, 4) is 0 Å². The SMILES string of the molecule is CCC(C(=O)Nc1nn(Cc2ccccc2F)cc1Br)n1cc(Br)cn1. The van der Waals surface area contributed by atoms with Gasteiger partial charge in [-0.2, -0.15) is 10.2 Å². The van der Waals surface area contributed by atoms with Gasteiger partial charge in [0.25, 0.3) is 0 Å². The molecule has 1 N–H and O–H groups in total. The lowest BCUT2D eigenvalue weighted by molar-refractivity contribution is -0.119. The summed E-state index contributed by atoms with van der Waals surface area (Å²) in [5.74, 6) is -0.129. The van der Waals surface area contributed by atoms with Gasteiger partial charge in [-0.15, -0.1) is 0 Å². The molecule has 2 heterocycles. The molecule has 0 radical (unpaired) electrons. The number of hydrogen-bond donors (Lipinski definition) is 1. The Hall–Kier alpha value is -2.00. The van der Waals surface area contributed by atoms with Crippen LogP contribution in [-0.4, -0.2) is 25.5 Å². The van der Waals surface area contributed by atoms with E-state index in [1.54, 1.807) is 46.2 Å². The number of anilines is 1. The van der Waals surface area contributed by atoms with Gasteiger partial charge in [-0.3, -0.25) is 14.2 Å². The molecule has 0 aliphatic heterocycles. The minimum Gasteiger partial charge on any atom is -0.306 e. The van der Waals surface area contributed by atoms with E-state index < -0.39 is 6.04 Å². The van der Waals surface area contributed by atoms with Gasteiger partial charge in [0.15, 0.2) is 5.82 Å². The number of carbonyl (C=O) groups is 1. The second-order valence-electron chi connectivity index (χ2n) is 5.67. The Balaban J connectivity index is 1.74. The lowest BCUT2D eigenvalue weighted by Crippen LogP contribution is -2.26. The Bertz CT molecular complexity index is 924. The second-order valence-corrected chi connectivity index (χ2v) is 7.44. The van der Waals surface area contributed by atoms with Crippen LogP contribution in [0.3, 0.4) is 0 Å². The molecule has 0 spiro atoms. The molecular weight excluding hydrogens is 469 g/mol. The van der Waals surface area contributed by atoms with Gasteiger partial charge in [0.1, 0.15) is 11.9 Å². The molecule has 0 aliphatic rings. The Labute approximate surface area is 166 Å². The lowest BCUT2D eigenvalue weighted by atomic mass is 10.2. The number of carbonyl (C=O) groups excluding carboxylic acids is 1. The van der Waals surface area contributed by atoms with Crippen molar-refractivity contribution < 1.29 is 9.18 Å². The molecule has 1 aromatic carbocycles. The number of hydrogen-bond acceptors (Lipinski definition) is 3. The molecule has 0 aliphatic carbocycles. The molecule has 3 aromatic rings. The minimum atomic E-state index is -0.454. The van der Waals surface area contributed by atoms with Crippen LogP contribution in [0.1, 0.15) is 24.9 Å². The summed E-state index contributed by atoms with van der Waals surface area (Å²) in [6.07, 6.45) is 5.66. The lowest BCUT2D eigenvalue weighted by Gasteiger charge is -2.14. The maximum Gasteiger partial charge on any atom is 0.250 e. The molecule has 26 heavy (non-hydrogen) atoms. The number of benzene rings is 1. The van der Waals surface area contributed by atoms with E-state index in [0.717, 1.165) is 4.47 Å². The Morgan fingerprint density at radius 1 is 1.31 bits per heavy atom. The number of aromatic nitrogens is 4. The summed E-state index contributed by atoms with van der Waals surface area (Å²) in [5.41, 5.74) is 0.521. The van der Waals surface area contributed by atoms with Crippen LogP contribution in [0.4, 0.5) is 10.2 Å². The van der Waals surface area contributed by atoms with Crippen LogP contribution in [0, 0.1) is 5.82 Å². The van der Waals surface area contributed by atoms with Crippen LogP contribution >= 0.6 is 31.9 Å². The van der Waals surface area contributed by atoms with E-state index in [4.69, 9.17) is 0 Å². The largest absolute Gasteiger partial charge is 0.306 e. The van der Waals surface area contributed by atoms with Gasteiger partial charge in [-0.25, -0.2) is 4.39 Å². The summed E-state index contributed by atoms with van der Waals surface area (Å²) in [6, 6.07) is 6.07. The zero-order valence-electron chi connectivity index (χ0n) is 13.9. The highest BCUT2D eigenvalue weighted by atomic mass is 79.9. The summed E-state index contributed by atoms with van der Waals surface area (Å²) in [6.45, 7) is 2.18. The van der Waals surface area contributed by atoms with Crippen molar-refractivity contribution >= 4 is 43.6 Å². The third-order valence-corrected chi connectivity index (χ3v) is 4.82. The van der Waals surface area contributed by atoms with Crippen LogP contribution in [-0.2, 0) is 11.3 Å². The van der Waals surface area contributed by atoms with E-state index in [9.17, 15) is 9.18 Å². The summed E-state index contributed by atoms with van der Waals surface area (Å²) in [5, 5.41) is 11.3. The average molecular weight is 485 g/mol.